The maximum absolute atomic E-state index is 13.8. The zero-order chi connectivity index (χ0) is 27.7. The van der Waals surface area contributed by atoms with Gasteiger partial charge in [-0.25, -0.2) is 0 Å². The number of β-amino-alcohol motifs (C(OH)–C–C–N with tert-alkyl or cyclic N) is 1. The lowest BCUT2D eigenvalue weighted by atomic mass is 10.1. The summed E-state index contributed by atoms with van der Waals surface area (Å²) in [5, 5.41) is 13.7. The number of aliphatic hydroxyl groups excluding tert-OH is 1. The van der Waals surface area contributed by atoms with Crippen molar-refractivity contribution in [2.45, 2.75) is 43.8 Å². The van der Waals surface area contributed by atoms with Crippen LogP contribution in [0.5, 0.6) is 5.75 Å². The molecule has 2 heterocycles. The van der Waals surface area contributed by atoms with Crippen molar-refractivity contribution >= 4 is 5.96 Å². The number of nitrogens with two attached hydrogens (primary N) is 2. The summed E-state index contributed by atoms with van der Waals surface area (Å²) in [6.45, 7) is 0.0560. The third-order valence-corrected chi connectivity index (χ3v) is 6.03. The number of aryl methyl sites for hydroxylation is 1. The van der Waals surface area contributed by atoms with Gasteiger partial charge in [0.2, 0.25) is 5.82 Å². The van der Waals surface area contributed by atoms with Crippen LogP contribution in [0.15, 0.2) is 47.0 Å². The summed E-state index contributed by atoms with van der Waals surface area (Å²) >= 11 is 0. The first-order valence-electron chi connectivity index (χ1n) is 11.5. The van der Waals surface area contributed by atoms with Crippen LogP contribution in [0.2, 0.25) is 0 Å². The summed E-state index contributed by atoms with van der Waals surface area (Å²) < 4.78 is 91.4. The lowest BCUT2D eigenvalue weighted by molar-refractivity contribution is -0.557. The highest BCUT2D eigenvalue weighted by Gasteiger charge is 2.38. The van der Waals surface area contributed by atoms with E-state index in [4.69, 9.17) is 20.7 Å². The number of hydrogen-bond acceptors (Lipinski definition) is 5. The number of guanidine groups is 1. The van der Waals surface area contributed by atoms with E-state index in [1.54, 1.807) is 0 Å². The van der Waals surface area contributed by atoms with E-state index in [0.29, 0.717) is 12.0 Å². The Labute approximate surface area is 212 Å². The van der Waals surface area contributed by atoms with E-state index in [9.17, 15) is 31.4 Å². The van der Waals surface area contributed by atoms with E-state index in [1.165, 1.54) is 22.8 Å². The molecular formula is C24H24F6N5O3+. The molecule has 38 heavy (non-hydrogen) atoms. The van der Waals surface area contributed by atoms with Crippen LogP contribution in [0.25, 0.3) is 11.4 Å². The summed E-state index contributed by atoms with van der Waals surface area (Å²) in [7, 11) is 0. The van der Waals surface area contributed by atoms with Crippen molar-refractivity contribution in [2.24, 2.45) is 11.5 Å². The van der Waals surface area contributed by atoms with Gasteiger partial charge >= 0.3 is 18.3 Å². The number of aliphatic hydroxyl groups is 1. The van der Waals surface area contributed by atoms with E-state index in [-0.39, 0.29) is 49.2 Å². The molecule has 1 saturated heterocycles. The fourth-order valence-corrected chi connectivity index (χ4v) is 4.16. The first-order valence-corrected chi connectivity index (χ1v) is 11.5. The summed E-state index contributed by atoms with van der Waals surface area (Å²) in [6, 6.07) is 7.26. The van der Waals surface area contributed by atoms with Crippen LogP contribution in [0.1, 0.15) is 41.5 Å². The molecule has 0 spiro atoms. The molecule has 0 aliphatic carbocycles. The highest BCUT2D eigenvalue weighted by Crippen LogP contribution is 2.39. The monoisotopic (exact) mass is 544 g/mol. The van der Waals surface area contributed by atoms with Crippen LogP contribution in [-0.4, -0.2) is 45.0 Å². The van der Waals surface area contributed by atoms with Crippen LogP contribution in [0.3, 0.4) is 0 Å². The molecule has 3 aromatic rings. The summed E-state index contributed by atoms with van der Waals surface area (Å²) in [5.41, 5.74) is 10.1. The molecule has 2 atom stereocenters. The molecule has 14 heteroatoms. The molecule has 1 aromatic heterocycles. The van der Waals surface area contributed by atoms with E-state index in [1.807, 2.05) is 0 Å². The zero-order valence-corrected chi connectivity index (χ0v) is 19.8. The highest BCUT2D eigenvalue weighted by atomic mass is 19.4. The second kappa shape index (κ2) is 10.5. The molecule has 0 amide bonds. The minimum Gasteiger partial charge on any atom is -0.493 e. The molecule has 0 saturated carbocycles. The number of hydrogen-bond donors (Lipinski definition) is 3. The zero-order valence-electron chi connectivity index (χ0n) is 19.8. The molecule has 1 aliphatic heterocycles. The lowest BCUT2D eigenvalue weighted by Crippen LogP contribution is -2.36. The Balaban J connectivity index is 1.45. The van der Waals surface area contributed by atoms with Crippen LogP contribution in [0, 0.1) is 0 Å². The molecule has 1 fully saturated rings. The summed E-state index contributed by atoms with van der Waals surface area (Å²) in [6.07, 6.45) is -9.14. The number of benzene rings is 2. The van der Waals surface area contributed by atoms with E-state index >= 15 is 0 Å². The molecule has 0 bridgehead atoms. The first kappa shape index (κ1) is 27.2. The normalized spacial score (nSPS) is 18.1. The van der Waals surface area contributed by atoms with Crippen molar-refractivity contribution in [3.8, 4) is 17.1 Å². The van der Waals surface area contributed by atoms with Gasteiger partial charge in [0, 0.05) is 12.0 Å². The van der Waals surface area contributed by atoms with E-state index in [0.717, 1.165) is 24.3 Å². The molecule has 0 unspecified atom stereocenters. The van der Waals surface area contributed by atoms with Crippen molar-refractivity contribution in [3.63, 3.8) is 0 Å². The molecule has 5 N–H and O–H groups in total. The summed E-state index contributed by atoms with van der Waals surface area (Å²) in [5.74, 6) is -0.531. The lowest BCUT2D eigenvalue weighted by Gasteiger charge is -2.15. The van der Waals surface area contributed by atoms with Crippen molar-refractivity contribution in [1.29, 1.82) is 0 Å². The van der Waals surface area contributed by atoms with Crippen molar-refractivity contribution in [3.05, 3.63) is 65.0 Å². The van der Waals surface area contributed by atoms with Gasteiger partial charge in [0.25, 0.3) is 5.89 Å². The maximum Gasteiger partial charge on any atom is 0.419 e. The molecule has 8 nitrogen and oxygen atoms in total. The predicted molar refractivity (Wildman–Crippen MR) is 122 cm³/mol. The number of alkyl halides is 6. The average Bonchev–Trinajstić information content (AvgIpc) is 3.48. The Morgan fingerprint density at radius 3 is 2.39 bits per heavy atom. The summed E-state index contributed by atoms with van der Waals surface area (Å²) in [4.78, 5) is 4.18. The van der Waals surface area contributed by atoms with E-state index in [2.05, 4.69) is 10.1 Å². The number of aromatic nitrogens is 2. The van der Waals surface area contributed by atoms with Crippen LogP contribution in [0.4, 0.5) is 26.3 Å². The van der Waals surface area contributed by atoms with Gasteiger partial charge in [-0.2, -0.15) is 31.3 Å². The third-order valence-electron chi connectivity index (χ3n) is 6.03. The third kappa shape index (κ3) is 6.18. The van der Waals surface area contributed by atoms with Crippen LogP contribution >= 0.6 is 0 Å². The van der Waals surface area contributed by atoms with Gasteiger partial charge < -0.3 is 14.4 Å². The SMILES string of the molecule is NC(N)=[N+]1C[C@H](O)C[C@H]1c1nc(-c2ccc(OCCCc3ccc(C(F)(F)F)cc3)c(C(F)(F)F)c2)no1. The van der Waals surface area contributed by atoms with Gasteiger partial charge in [-0.1, -0.05) is 17.3 Å². The minimum absolute atomic E-state index is 0.0271. The molecule has 2 aromatic carbocycles. The van der Waals surface area contributed by atoms with Gasteiger partial charge in [0.15, 0.2) is 6.04 Å². The van der Waals surface area contributed by atoms with Crippen molar-refractivity contribution in [2.75, 3.05) is 13.2 Å². The Kier molecular flexibility index (Phi) is 7.54. The van der Waals surface area contributed by atoms with E-state index < -0.39 is 41.4 Å². The first-order chi connectivity index (χ1) is 17.8. The second-order valence-electron chi connectivity index (χ2n) is 8.79. The Morgan fingerprint density at radius 2 is 1.76 bits per heavy atom. The van der Waals surface area contributed by atoms with Gasteiger partial charge in [0.05, 0.1) is 30.4 Å². The molecular weight excluding hydrogens is 520 g/mol. The minimum atomic E-state index is -4.75. The van der Waals surface area contributed by atoms with Crippen molar-refractivity contribution in [1.82, 2.24) is 10.1 Å². The van der Waals surface area contributed by atoms with Crippen LogP contribution < -0.4 is 16.2 Å². The Bertz CT molecular complexity index is 1300. The number of halogens is 6. The largest absolute Gasteiger partial charge is 0.493 e. The quantitative estimate of drug-likeness (QED) is 0.179. The van der Waals surface area contributed by atoms with Crippen LogP contribution in [-0.2, 0) is 18.8 Å². The predicted octanol–water partition coefficient (Wildman–Crippen LogP) is 3.88. The number of rotatable bonds is 7. The standard InChI is InChI=1S/C24H23F6N5O3/c25-23(26,27)15-6-3-13(4-7-15)2-1-9-37-19-8-5-14(10-17(19)24(28,29)30)20-33-21(38-34-20)18-11-16(36)12-35(18)22(31)32/h3-8,10,16,18,36H,1-2,9,11-12H2,(H3,31,32)/p+1/t16-,18+/m1/s1. The molecule has 204 valence electrons. The topological polar surface area (TPSA) is 123 Å². The fourth-order valence-electron chi connectivity index (χ4n) is 4.16. The molecule has 0 radical (unpaired) electrons. The highest BCUT2D eigenvalue weighted by molar-refractivity contribution is 5.70. The second-order valence-corrected chi connectivity index (χ2v) is 8.79. The smallest absolute Gasteiger partial charge is 0.419 e. The molecule has 4 rings (SSSR count). The average molecular weight is 544 g/mol. The Hall–Kier alpha value is -3.81. The van der Waals surface area contributed by atoms with Gasteiger partial charge in [-0.15, -0.1) is 0 Å². The van der Waals surface area contributed by atoms with Gasteiger partial charge in [-0.05, 0) is 48.7 Å². The number of nitrogens with zero attached hydrogens (tertiary/aromatic N) is 3. The van der Waals surface area contributed by atoms with Crippen molar-refractivity contribution < 1.29 is 45.3 Å². The Morgan fingerprint density at radius 1 is 1.05 bits per heavy atom. The van der Waals surface area contributed by atoms with Gasteiger partial charge in [-0.3, -0.25) is 16.0 Å². The maximum atomic E-state index is 13.8. The number of ether oxygens (including phenoxy) is 1. The van der Waals surface area contributed by atoms with Gasteiger partial charge in [0.1, 0.15) is 5.75 Å². The molecule has 1 aliphatic rings. The fraction of sp³-hybridized carbons (Fsp3) is 0.375.